The number of thioether (sulfide) groups is 1. The van der Waals surface area contributed by atoms with E-state index in [1.54, 1.807) is 13.0 Å². The van der Waals surface area contributed by atoms with Crippen LogP contribution in [0.5, 0.6) is 0 Å². The smallest absolute Gasteiger partial charge is 0.340 e. The number of H-pyrrole nitrogens is 2. The average molecular weight is 278 g/mol. The van der Waals surface area contributed by atoms with Gasteiger partial charge in [0, 0.05) is 4.90 Å². The topological polar surface area (TPSA) is 90.6 Å². The van der Waals surface area contributed by atoms with Crippen LogP contribution >= 0.6 is 11.8 Å². The summed E-state index contributed by atoms with van der Waals surface area (Å²) in [6, 6.07) is 6.98. The van der Waals surface area contributed by atoms with Gasteiger partial charge < -0.3 is 5.32 Å². The molecule has 6 nitrogen and oxygen atoms in total. The van der Waals surface area contributed by atoms with Crippen molar-refractivity contribution < 1.29 is 4.79 Å². The van der Waals surface area contributed by atoms with Crippen molar-refractivity contribution in [3.63, 3.8) is 0 Å². The summed E-state index contributed by atoms with van der Waals surface area (Å²) < 4.78 is 0. The maximum Gasteiger partial charge on any atom is 0.340 e. The van der Waals surface area contributed by atoms with E-state index in [9.17, 15) is 9.59 Å². The van der Waals surface area contributed by atoms with Crippen LogP contribution in [0.1, 0.15) is 29.1 Å². The number of nitrogens with one attached hydrogen (secondary N) is 3. The Morgan fingerprint density at radius 1 is 1.42 bits per heavy atom. The number of benzene rings is 1. The predicted octanol–water partition coefficient (Wildman–Crippen LogP) is 1.31. The number of hydrogen-bond acceptors (Lipinski definition) is 4. The minimum Gasteiger partial charge on any atom is -0.342 e. The molecule has 19 heavy (non-hydrogen) atoms. The van der Waals surface area contributed by atoms with Crippen LogP contribution in [-0.4, -0.2) is 27.3 Å². The monoisotopic (exact) mass is 278 g/mol. The van der Waals surface area contributed by atoms with Gasteiger partial charge in [0.1, 0.15) is 0 Å². The Morgan fingerprint density at radius 3 is 2.79 bits per heavy atom. The van der Waals surface area contributed by atoms with Crippen molar-refractivity contribution in [2.24, 2.45) is 0 Å². The van der Waals surface area contributed by atoms with Crippen molar-refractivity contribution in [1.29, 1.82) is 0 Å². The molecule has 0 fully saturated rings. The van der Waals surface area contributed by atoms with Crippen molar-refractivity contribution in [2.75, 3.05) is 6.26 Å². The molecule has 1 aromatic heterocycles. The van der Waals surface area contributed by atoms with Gasteiger partial charge in [-0.3, -0.25) is 9.78 Å². The normalized spacial score (nSPS) is 12.1. The zero-order chi connectivity index (χ0) is 13.8. The van der Waals surface area contributed by atoms with E-state index in [0.717, 1.165) is 4.90 Å². The van der Waals surface area contributed by atoms with E-state index in [1.807, 2.05) is 24.5 Å². The zero-order valence-corrected chi connectivity index (χ0v) is 11.4. The number of rotatable bonds is 4. The summed E-state index contributed by atoms with van der Waals surface area (Å²) in [4.78, 5) is 26.5. The lowest BCUT2D eigenvalue weighted by Gasteiger charge is -2.12. The molecule has 0 saturated carbocycles. The van der Waals surface area contributed by atoms with Crippen LogP contribution in [0, 0.1) is 0 Å². The molecule has 1 amide bonds. The van der Waals surface area contributed by atoms with Crippen molar-refractivity contribution in [1.82, 2.24) is 20.5 Å². The van der Waals surface area contributed by atoms with Crippen LogP contribution < -0.4 is 11.0 Å². The highest BCUT2D eigenvalue weighted by atomic mass is 32.2. The molecular weight excluding hydrogens is 264 g/mol. The Kier molecular flexibility index (Phi) is 4.06. The second-order valence-electron chi connectivity index (χ2n) is 3.96. The van der Waals surface area contributed by atoms with Gasteiger partial charge in [-0.05, 0) is 25.3 Å². The van der Waals surface area contributed by atoms with Crippen LogP contribution in [0.25, 0.3) is 0 Å². The Balaban J connectivity index is 2.15. The molecule has 1 unspecified atom stereocenters. The molecule has 2 rings (SSSR count). The average Bonchev–Trinajstić information content (AvgIpc) is 2.85. The van der Waals surface area contributed by atoms with Crippen LogP contribution in [-0.2, 0) is 0 Å². The molecule has 1 heterocycles. The largest absolute Gasteiger partial charge is 0.342 e. The molecule has 0 radical (unpaired) electrons. The fraction of sp³-hybridized carbons (Fsp3) is 0.250. The molecular formula is C12H14N4O2S. The van der Waals surface area contributed by atoms with Gasteiger partial charge in [-0.1, -0.05) is 12.1 Å². The summed E-state index contributed by atoms with van der Waals surface area (Å²) in [7, 11) is 0. The summed E-state index contributed by atoms with van der Waals surface area (Å²) in [5.74, 6) is 0.210. The molecule has 0 bridgehead atoms. The highest BCUT2D eigenvalue weighted by molar-refractivity contribution is 7.98. The molecule has 2 aromatic rings. The lowest BCUT2D eigenvalue weighted by Crippen LogP contribution is -2.28. The molecule has 1 aromatic carbocycles. The van der Waals surface area contributed by atoms with Crippen LogP contribution in [0.15, 0.2) is 34.0 Å². The van der Waals surface area contributed by atoms with E-state index in [-0.39, 0.29) is 17.6 Å². The lowest BCUT2D eigenvalue weighted by atomic mass is 10.2. The minimum atomic E-state index is -0.388. The first-order chi connectivity index (χ1) is 9.11. The number of aromatic amines is 2. The van der Waals surface area contributed by atoms with Crippen LogP contribution in [0.3, 0.4) is 0 Å². The van der Waals surface area contributed by atoms with E-state index >= 15 is 0 Å². The maximum atomic E-state index is 12.2. The van der Waals surface area contributed by atoms with Gasteiger partial charge in [-0.25, -0.2) is 9.89 Å². The third-order valence-electron chi connectivity index (χ3n) is 2.63. The second-order valence-corrected chi connectivity index (χ2v) is 4.81. The molecule has 0 aliphatic carbocycles. The number of aromatic nitrogens is 3. The summed E-state index contributed by atoms with van der Waals surface area (Å²) >= 11 is 1.51. The third-order valence-corrected chi connectivity index (χ3v) is 3.42. The summed E-state index contributed by atoms with van der Waals surface area (Å²) in [6.45, 7) is 1.76. The first-order valence-electron chi connectivity index (χ1n) is 5.70. The first kappa shape index (κ1) is 13.4. The van der Waals surface area contributed by atoms with E-state index in [2.05, 4.69) is 20.5 Å². The van der Waals surface area contributed by atoms with E-state index in [0.29, 0.717) is 11.4 Å². The Labute approximate surface area is 114 Å². The molecule has 0 aliphatic heterocycles. The molecule has 7 heteroatoms. The van der Waals surface area contributed by atoms with Crippen LogP contribution in [0.4, 0.5) is 0 Å². The van der Waals surface area contributed by atoms with Crippen molar-refractivity contribution in [2.45, 2.75) is 17.9 Å². The minimum absolute atomic E-state index is 0.193. The number of carbonyl (C=O) groups is 1. The van der Waals surface area contributed by atoms with Gasteiger partial charge in [-0.2, -0.15) is 5.10 Å². The van der Waals surface area contributed by atoms with Crippen molar-refractivity contribution in [3.8, 4) is 0 Å². The molecule has 0 aliphatic rings. The summed E-state index contributed by atoms with van der Waals surface area (Å²) in [5.41, 5.74) is 0.223. The van der Waals surface area contributed by atoms with Crippen molar-refractivity contribution >= 4 is 17.7 Å². The maximum absolute atomic E-state index is 12.2. The Bertz CT molecular complexity index is 634. The van der Waals surface area contributed by atoms with Gasteiger partial charge in [0.2, 0.25) is 0 Å². The van der Waals surface area contributed by atoms with Crippen molar-refractivity contribution in [3.05, 3.63) is 46.1 Å². The molecule has 0 saturated heterocycles. The summed E-state index contributed by atoms with van der Waals surface area (Å²) in [6.07, 6.45) is 1.92. The summed E-state index contributed by atoms with van der Waals surface area (Å²) in [5, 5.41) is 8.86. The molecule has 3 N–H and O–H groups in total. The SMILES string of the molecule is CSc1ccccc1C(=O)NC(C)c1n[nH]c(=O)[nH]1. The highest BCUT2D eigenvalue weighted by Crippen LogP contribution is 2.20. The lowest BCUT2D eigenvalue weighted by molar-refractivity contribution is 0.0935. The predicted molar refractivity (Wildman–Crippen MR) is 73.3 cm³/mol. The zero-order valence-electron chi connectivity index (χ0n) is 10.6. The number of amides is 1. The standard InChI is InChI=1S/C12H14N4O2S/c1-7(10-14-12(18)16-15-10)13-11(17)8-5-3-4-6-9(8)19-2/h3-7H,1-2H3,(H,13,17)(H2,14,15,16,18). The van der Waals surface area contributed by atoms with E-state index in [4.69, 9.17) is 0 Å². The number of carbonyl (C=O) groups excluding carboxylic acids is 1. The second kappa shape index (κ2) is 5.75. The van der Waals surface area contributed by atoms with Gasteiger partial charge in [0.05, 0.1) is 11.6 Å². The fourth-order valence-electron chi connectivity index (χ4n) is 1.66. The van der Waals surface area contributed by atoms with E-state index in [1.165, 1.54) is 11.8 Å². The Hall–Kier alpha value is -2.02. The van der Waals surface area contributed by atoms with Gasteiger partial charge >= 0.3 is 5.69 Å². The molecule has 0 spiro atoms. The number of hydrogen-bond donors (Lipinski definition) is 3. The first-order valence-corrected chi connectivity index (χ1v) is 6.92. The quantitative estimate of drug-likeness (QED) is 0.735. The Morgan fingerprint density at radius 2 is 2.16 bits per heavy atom. The van der Waals surface area contributed by atoms with E-state index < -0.39 is 0 Å². The van der Waals surface area contributed by atoms with Crippen LogP contribution in [0.2, 0.25) is 0 Å². The van der Waals surface area contributed by atoms with Gasteiger partial charge in [-0.15, -0.1) is 11.8 Å². The van der Waals surface area contributed by atoms with Gasteiger partial charge in [0.15, 0.2) is 5.82 Å². The molecule has 1 atom stereocenters. The fourth-order valence-corrected chi connectivity index (χ4v) is 2.26. The van der Waals surface area contributed by atoms with Gasteiger partial charge in [0.25, 0.3) is 5.91 Å². The highest BCUT2D eigenvalue weighted by Gasteiger charge is 2.16. The molecule has 100 valence electrons. The number of nitrogens with zero attached hydrogens (tertiary/aromatic N) is 1. The third kappa shape index (κ3) is 3.05.